The predicted octanol–water partition coefficient (Wildman–Crippen LogP) is 1.45. The average Bonchev–Trinajstić information content (AvgIpc) is 3.15. The largest absolute Gasteiger partial charge is 0.357 e. The first-order valence-corrected chi connectivity index (χ1v) is 9.15. The Labute approximate surface area is 152 Å². The normalized spacial score (nSPS) is 22.1. The van der Waals surface area contributed by atoms with E-state index in [0.717, 1.165) is 37.4 Å². The molecule has 2 aromatic heterocycles. The van der Waals surface area contributed by atoms with Gasteiger partial charge in [0, 0.05) is 50.1 Å². The summed E-state index contributed by atoms with van der Waals surface area (Å²) in [5.41, 5.74) is 0.965. The summed E-state index contributed by atoms with van der Waals surface area (Å²) in [5, 5.41) is 2.96. The van der Waals surface area contributed by atoms with E-state index in [2.05, 4.69) is 26.3 Å². The Morgan fingerprint density at radius 1 is 1.23 bits per heavy atom. The lowest BCUT2D eigenvalue weighted by Gasteiger charge is -2.35. The lowest BCUT2D eigenvalue weighted by atomic mass is 9.78. The van der Waals surface area contributed by atoms with E-state index in [9.17, 15) is 9.59 Å². The van der Waals surface area contributed by atoms with Gasteiger partial charge >= 0.3 is 0 Å². The molecule has 7 heteroatoms. The molecule has 26 heavy (non-hydrogen) atoms. The van der Waals surface area contributed by atoms with Crippen molar-refractivity contribution in [2.45, 2.75) is 37.6 Å². The number of nitrogens with one attached hydrogen (secondary N) is 1. The molecular weight excluding hydrogens is 330 g/mol. The van der Waals surface area contributed by atoms with Gasteiger partial charge in [-0.15, -0.1) is 0 Å². The van der Waals surface area contributed by atoms with Crippen LogP contribution in [0, 0.1) is 0 Å². The number of anilines is 1. The quantitative estimate of drug-likeness (QED) is 0.900. The summed E-state index contributed by atoms with van der Waals surface area (Å²) >= 11 is 0. The van der Waals surface area contributed by atoms with E-state index in [0.29, 0.717) is 5.92 Å². The topological polar surface area (TPSA) is 80.1 Å². The van der Waals surface area contributed by atoms with Crippen LogP contribution in [-0.4, -0.2) is 39.6 Å². The Morgan fingerprint density at radius 3 is 2.77 bits per heavy atom. The summed E-state index contributed by atoms with van der Waals surface area (Å²) in [4.78, 5) is 35.5. The zero-order valence-electron chi connectivity index (χ0n) is 14.9. The van der Waals surface area contributed by atoms with Crippen LogP contribution in [0.1, 0.15) is 47.7 Å². The van der Waals surface area contributed by atoms with Crippen LogP contribution in [0.25, 0.3) is 0 Å². The molecule has 0 radical (unpaired) electrons. The fraction of sp³-hybridized carbons (Fsp3) is 0.474. The molecule has 1 saturated heterocycles. The van der Waals surface area contributed by atoms with Crippen LogP contribution in [0.4, 0.5) is 5.82 Å². The minimum absolute atomic E-state index is 0.0858. The van der Waals surface area contributed by atoms with Crippen LogP contribution in [0.3, 0.4) is 0 Å². The van der Waals surface area contributed by atoms with Crippen molar-refractivity contribution < 1.29 is 4.79 Å². The second-order valence-corrected chi connectivity index (χ2v) is 7.17. The first kappa shape index (κ1) is 16.8. The molecule has 0 atom stereocenters. The van der Waals surface area contributed by atoms with Gasteiger partial charge in [0.25, 0.3) is 11.5 Å². The number of carbonyl (C=O) groups is 1. The maximum atomic E-state index is 12.3. The van der Waals surface area contributed by atoms with Crippen LogP contribution in [-0.2, 0) is 7.05 Å². The maximum absolute atomic E-state index is 12.3. The molecular formula is C19H23N5O2. The van der Waals surface area contributed by atoms with Gasteiger partial charge in [0.05, 0.1) is 0 Å². The fourth-order valence-electron chi connectivity index (χ4n) is 3.71. The lowest BCUT2D eigenvalue weighted by Crippen LogP contribution is -2.45. The van der Waals surface area contributed by atoms with E-state index in [1.54, 1.807) is 31.7 Å². The summed E-state index contributed by atoms with van der Waals surface area (Å²) in [5.74, 6) is 1.05. The average molecular weight is 353 g/mol. The molecule has 0 bridgehead atoms. The number of aryl methyl sites for hydroxylation is 1. The Morgan fingerprint density at radius 2 is 2.00 bits per heavy atom. The van der Waals surface area contributed by atoms with Crippen molar-refractivity contribution in [3.05, 3.63) is 52.3 Å². The van der Waals surface area contributed by atoms with E-state index < -0.39 is 0 Å². The summed E-state index contributed by atoms with van der Waals surface area (Å²) in [6.07, 6.45) is 7.41. The Bertz CT molecular complexity index is 866. The number of hydrogen-bond donors (Lipinski definition) is 1. The van der Waals surface area contributed by atoms with Gasteiger partial charge in [0.15, 0.2) is 0 Å². The van der Waals surface area contributed by atoms with Gasteiger partial charge in [-0.3, -0.25) is 9.59 Å². The highest BCUT2D eigenvalue weighted by atomic mass is 16.2. The maximum Gasteiger partial charge on any atom is 0.263 e. The predicted molar refractivity (Wildman–Crippen MR) is 98.4 cm³/mol. The molecule has 0 spiro atoms. The minimum Gasteiger partial charge on any atom is -0.357 e. The highest BCUT2D eigenvalue weighted by Gasteiger charge is 2.33. The van der Waals surface area contributed by atoms with Crippen LogP contribution >= 0.6 is 0 Å². The third-order valence-electron chi connectivity index (χ3n) is 5.36. The van der Waals surface area contributed by atoms with Gasteiger partial charge in [-0.05, 0) is 37.8 Å². The Hall–Kier alpha value is -2.70. The number of aromatic nitrogens is 3. The summed E-state index contributed by atoms with van der Waals surface area (Å²) in [6, 6.07) is 5.45. The van der Waals surface area contributed by atoms with E-state index >= 15 is 0 Å². The molecule has 1 N–H and O–H groups in total. The summed E-state index contributed by atoms with van der Waals surface area (Å²) in [7, 11) is 1.64. The first-order valence-electron chi connectivity index (χ1n) is 9.15. The summed E-state index contributed by atoms with van der Waals surface area (Å²) < 4.78 is 1.42. The summed E-state index contributed by atoms with van der Waals surface area (Å²) in [6.45, 7) is 2.12. The number of rotatable bonds is 4. The van der Waals surface area contributed by atoms with Crippen molar-refractivity contribution in [3.63, 3.8) is 0 Å². The molecule has 136 valence electrons. The number of pyridine rings is 1. The molecule has 7 nitrogen and oxygen atoms in total. The SMILES string of the molecule is Cn1cccc(C(=O)NC2CC(c3cc(N4CCCC4)ncn3)C2)c1=O. The van der Waals surface area contributed by atoms with Crippen molar-refractivity contribution in [2.75, 3.05) is 18.0 Å². The van der Waals surface area contributed by atoms with Gasteiger partial charge in [0.1, 0.15) is 17.7 Å². The number of amides is 1. The van der Waals surface area contributed by atoms with Gasteiger partial charge in [0.2, 0.25) is 0 Å². The van der Waals surface area contributed by atoms with Crippen LogP contribution in [0.2, 0.25) is 0 Å². The molecule has 2 aliphatic rings. The Balaban J connectivity index is 1.37. The monoisotopic (exact) mass is 353 g/mol. The molecule has 0 unspecified atom stereocenters. The highest BCUT2D eigenvalue weighted by molar-refractivity contribution is 5.94. The van der Waals surface area contributed by atoms with E-state index in [1.165, 1.54) is 17.4 Å². The minimum atomic E-state index is -0.296. The van der Waals surface area contributed by atoms with E-state index in [-0.39, 0.29) is 23.1 Å². The molecule has 1 aliphatic heterocycles. The van der Waals surface area contributed by atoms with Gasteiger partial charge in [-0.2, -0.15) is 0 Å². The molecule has 4 rings (SSSR count). The van der Waals surface area contributed by atoms with E-state index in [1.807, 2.05) is 0 Å². The van der Waals surface area contributed by atoms with Crippen molar-refractivity contribution >= 4 is 11.7 Å². The third-order valence-corrected chi connectivity index (χ3v) is 5.36. The van der Waals surface area contributed by atoms with Crippen LogP contribution < -0.4 is 15.8 Å². The second-order valence-electron chi connectivity index (χ2n) is 7.17. The molecule has 0 aromatic carbocycles. The van der Waals surface area contributed by atoms with Gasteiger partial charge in [-0.25, -0.2) is 9.97 Å². The van der Waals surface area contributed by atoms with Crippen LogP contribution in [0.15, 0.2) is 35.5 Å². The van der Waals surface area contributed by atoms with Crippen molar-refractivity contribution in [1.29, 1.82) is 0 Å². The standard InChI is InChI=1S/C19H23N5O2/c1-23-6-4-5-15(19(23)26)18(25)22-14-9-13(10-14)16-11-17(21-12-20-16)24-7-2-3-8-24/h4-6,11-14H,2-3,7-10H2,1H3,(H,22,25). The molecule has 1 saturated carbocycles. The van der Waals surface area contributed by atoms with Crippen LogP contribution in [0.5, 0.6) is 0 Å². The molecule has 1 amide bonds. The van der Waals surface area contributed by atoms with Gasteiger partial charge in [-0.1, -0.05) is 0 Å². The second kappa shape index (κ2) is 6.90. The molecule has 1 aliphatic carbocycles. The number of carbonyl (C=O) groups excluding carboxylic acids is 1. The smallest absolute Gasteiger partial charge is 0.263 e. The molecule has 2 aromatic rings. The third kappa shape index (κ3) is 3.21. The van der Waals surface area contributed by atoms with Gasteiger partial charge < -0.3 is 14.8 Å². The van der Waals surface area contributed by atoms with E-state index in [4.69, 9.17) is 0 Å². The van der Waals surface area contributed by atoms with Crippen molar-refractivity contribution in [1.82, 2.24) is 19.9 Å². The molecule has 2 fully saturated rings. The Kier molecular flexibility index (Phi) is 4.44. The molecule has 3 heterocycles. The lowest BCUT2D eigenvalue weighted by molar-refractivity contribution is 0.0906. The zero-order chi connectivity index (χ0) is 18.1. The van der Waals surface area contributed by atoms with Crippen molar-refractivity contribution in [3.8, 4) is 0 Å². The van der Waals surface area contributed by atoms with Crippen molar-refractivity contribution in [2.24, 2.45) is 7.05 Å². The number of nitrogens with zero attached hydrogens (tertiary/aromatic N) is 4. The first-order chi connectivity index (χ1) is 12.6. The fourth-order valence-corrected chi connectivity index (χ4v) is 3.71. The zero-order valence-corrected chi connectivity index (χ0v) is 14.9. The highest BCUT2D eigenvalue weighted by Crippen LogP contribution is 2.36. The number of hydrogen-bond acceptors (Lipinski definition) is 5.